The molecular weight excluding hydrogens is 252 g/mol. The average Bonchev–Trinajstić information content (AvgIpc) is 2.75. The molecule has 0 saturated carbocycles. The van der Waals surface area contributed by atoms with Gasteiger partial charge in [0, 0.05) is 12.2 Å². The van der Waals surface area contributed by atoms with Crippen LogP contribution >= 0.6 is 0 Å². The lowest BCUT2D eigenvalue weighted by atomic mass is 10.3. The van der Waals surface area contributed by atoms with Crippen LogP contribution in [0.2, 0.25) is 0 Å². The SMILES string of the molecule is CCn1ncnc1CS(=O)(=O)c1cccc(N)c1. The molecular formula is C11H14N4O2S. The Labute approximate surface area is 105 Å². The Morgan fingerprint density at radius 3 is 2.83 bits per heavy atom. The van der Waals surface area contributed by atoms with Gasteiger partial charge in [0.1, 0.15) is 17.9 Å². The van der Waals surface area contributed by atoms with Gasteiger partial charge in [-0.3, -0.25) is 0 Å². The Morgan fingerprint density at radius 2 is 2.17 bits per heavy atom. The van der Waals surface area contributed by atoms with Crippen molar-refractivity contribution in [3.05, 3.63) is 36.4 Å². The van der Waals surface area contributed by atoms with E-state index in [1.807, 2.05) is 6.92 Å². The van der Waals surface area contributed by atoms with Crippen LogP contribution in [0.5, 0.6) is 0 Å². The summed E-state index contributed by atoms with van der Waals surface area (Å²) in [7, 11) is -3.44. The summed E-state index contributed by atoms with van der Waals surface area (Å²) < 4.78 is 25.9. The van der Waals surface area contributed by atoms with Gasteiger partial charge >= 0.3 is 0 Å². The second-order valence-electron chi connectivity index (χ2n) is 3.82. The number of hydrogen-bond acceptors (Lipinski definition) is 5. The lowest BCUT2D eigenvalue weighted by molar-refractivity contribution is 0.584. The topological polar surface area (TPSA) is 90.9 Å². The largest absolute Gasteiger partial charge is 0.399 e. The number of aryl methyl sites for hydroxylation is 1. The third-order valence-corrected chi connectivity index (χ3v) is 4.14. The zero-order valence-electron chi connectivity index (χ0n) is 9.94. The van der Waals surface area contributed by atoms with Gasteiger partial charge in [-0.05, 0) is 25.1 Å². The monoisotopic (exact) mass is 266 g/mol. The maximum Gasteiger partial charge on any atom is 0.185 e. The molecule has 7 heteroatoms. The molecule has 0 atom stereocenters. The number of benzene rings is 1. The van der Waals surface area contributed by atoms with E-state index in [0.29, 0.717) is 18.1 Å². The number of aromatic nitrogens is 3. The second-order valence-corrected chi connectivity index (χ2v) is 5.81. The van der Waals surface area contributed by atoms with Gasteiger partial charge in [-0.25, -0.2) is 18.1 Å². The summed E-state index contributed by atoms with van der Waals surface area (Å²) in [6, 6.07) is 6.24. The Hall–Kier alpha value is -1.89. The smallest absolute Gasteiger partial charge is 0.185 e. The van der Waals surface area contributed by atoms with Gasteiger partial charge in [0.15, 0.2) is 9.84 Å². The molecule has 1 aromatic carbocycles. The number of nitrogens with two attached hydrogens (primary N) is 1. The molecule has 0 aliphatic heterocycles. The van der Waals surface area contributed by atoms with Gasteiger partial charge in [-0.2, -0.15) is 5.10 Å². The summed E-state index contributed by atoms with van der Waals surface area (Å²) in [6.07, 6.45) is 1.35. The van der Waals surface area contributed by atoms with E-state index in [4.69, 9.17) is 5.73 Å². The minimum Gasteiger partial charge on any atom is -0.399 e. The van der Waals surface area contributed by atoms with Crippen LogP contribution in [-0.4, -0.2) is 23.2 Å². The molecule has 0 aliphatic carbocycles. The number of sulfone groups is 1. The molecule has 1 aromatic heterocycles. The minimum absolute atomic E-state index is 0.176. The lowest BCUT2D eigenvalue weighted by Gasteiger charge is -2.05. The zero-order chi connectivity index (χ0) is 13.2. The highest BCUT2D eigenvalue weighted by atomic mass is 32.2. The first kappa shape index (κ1) is 12.6. The number of rotatable bonds is 4. The van der Waals surface area contributed by atoms with E-state index in [-0.39, 0.29) is 10.6 Å². The molecule has 2 N–H and O–H groups in total. The molecule has 0 unspecified atom stereocenters. The standard InChI is InChI=1S/C11H14N4O2S/c1-2-15-11(13-8-14-15)7-18(16,17)10-5-3-4-9(12)6-10/h3-6,8H,2,7,12H2,1H3. The molecule has 18 heavy (non-hydrogen) atoms. The van der Waals surface area contributed by atoms with E-state index in [1.54, 1.807) is 16.8 Å². The molecule has 0 spiro atoms. The van der Waals surface area contributed by atoms with Crippen LogP contribution in [0.4, 0.5) is 5.69 Å². The van der Waals surface area contributed by atoms with Crippen molar-refractivity contribution in [2.75, 3.05) is 5.73 Å². The normalized spacial score (nSPS) is 11.6. The number of hydrogen-bond donors (Lipinski definition) is 1. The zero-order valence-corrected chi connectivity index (χ0v) is 10.8. The van der Waals surface area contributed by atoms with E-state index < -0.39 is 9.84 Å². The fraction of sp³-hybridized carbons (Fsp3) is 0.273. The number of nitrogens with zero attached hydrogens (tertiary/aromatic N) is 3. The van der Waals surface area contributed by atoms with Crippen LogP contribution in [0, 0.1) is 0 Å². The summed E-state index contributed by atoms with van der Waals surface area (Å²) >= 11 is 0. The Kier molecular flexibility index (Phi) is 3.33. The van der Waals surface area contributed by atoms with Crippen molar-refractivity contribution in [2.45, 2.75) is 24.1 Å². The summed E-state index contributed by atoms with van der Waals surface area (Å²) in [4.78, 5) is 4.16. The van der Waals surface area contributed by atoms with Crippen LogP contribution < -0.4 is 5.73 Å². The van der Waals surface area contributed by atoms with Crippen molar-refractivity contribution in [2.24, 2.45) is 0 Å². The van der Waals surface area contributed by atoms with Crippen molar-refractivity contribution in [1.29, 1.82) is 0 Å². The van der Waals surface area contributed by atoms with E-state index in [2.05, 4.69) is 10.1 Å². The highest BCUT2D eigenvalue weighted by Crippen LogP contribution is 2.17. The van der Waals surface area contributed by atoms with Crippen LogP contribution in [0.3, 0.4) is 0 Å². The quantitative estimate of drug-likeness (QED) is 0.828. The highest BCUT2D eigenvalue weighted by Gasteiger charge is 2.18. The highest BCUT2D eigenvalue weighted by molar-refractivity contribution is 7.90. The summed E-state index contributed by atoms with van der Waals surface area (Å²) in [5.41, 5.74) is 6.01. The van der Waals surface area contributed by atoms with E-state index in [0.717, 1.165) is 0 Å². The summed E-state index contributed by atoms with van der Waals surface area (Å²) in [5.74, 6) is 0.254. The molecule has 2 aromatic rings. The van der Waals surface area contributed by atoms with Crippen molar-refractivity contribution in [3.8, 4) is 0 Å². The second kappa shape index (κ2) is 4.77. The third-order valence-electron chi connectivity index (χ3n) is 2.53. The molecule has 2 rings (SSSR count). The average molecular weight is 266 g/mol. The van der Waals surface area contributed by atoms with Gasteiger partial charge in [0.25, 0.3) is 0 Å². The van der Waals surface area contributed by atoms with Crippen molar-refractivity contribution in [3.63, 3.8) is 0 Å². The Balaban J connectivity index is 2.33. The van der Waals surface area contributed by atoms with E-state index >= 15 is 0 Å². The van der Waals surface area contributed by atoms with Crippen molar-refractivity contribution in [1.82, 2.24) is 14.8 Å². The molecule has 0 fully saturated rings. The van der Waals surface area contributed by atoms with Crippen LogP contribution in [0.1, 0.15) is 12.7 Å². The molecule has 1 heterocycles. The number of anilines is 1. The number of nitrogen functional groups attached to an aromatic ring is 1. The summed E-state index contributed by atoms with van der Waals surface area (Å²) in [6.45, 7) is 2.47. The molecule has 0 saturated heterocycles. The molecule has 0 amide bonds. The minimum atomic E-state index is -3.44. The first-order chi connectivity index (χ1) is 8.53. The van der Waals surface area contributed by atoms with E-state index in [9.17, 15) is 8.42 Å². The first-order valence-electron chi connectivity index (χ1n) is 5.48. The summed E-state index contributed by atoms with van der Waals surface area (Å²) in [5, 5.41) is 3.95. The van der Waals surface area contributed by atoms with Crippen LogP contribution in [-0.2, 0) is 22.1 Å². The third kappa shape index (κ3) is 2.51. The lowest BCUT2D eigenvalue weighted by Crippen LogP contribution is -2.11. The Morgan fingerprint density at radius 1 is 1.39 bits per heavy atom. The molecule has 0 aliphatic rings. The molecule has 6 nitrogen and oxygen atoms in total. The van der Waals surface area contributed by atoms with Crippen LogP contribution in [0.15, 0.2) is 35.5 Å². The first-order valence-corrected chi connectivity index (χ1v) is 7.13. The fourth-order valence-electron chi connectivity index (χ4n) is 1.63. The molecule has 96 valence electrons. The van der Waals surface area contributed by atoms with Gasteiger partial charge in [0.05, 0.1) is 4.90 Å². The Bertz CT molecular complexity index is 649. The van der Waals surface area contributed by atoms with E-state index in [1.165, 1.54) is 18.5 Å². The molecule has 0 bridgehead atoms. The van der Waals surface area contributed by atoms with Gasteiger partial charge in [-0.15, -0.1) is 0 Å². The van der Waals surface area contributed by atoms with Gasteiger partial charge < -0.3 is 5.73 Å². The van der Waals surface area contributed by atoms with Crippen LogP contribution in [0.25, 0.3) is 0 Å². The predicted molar refractivity (Wildman–Crippen MR) is 67.4 cm³/mol. The predicted octanol–water partition coefficient (Wildman–Crippen LogP) is 0.854. The maximum atomic E-state index is 12.2. The van der Waals surface area contributed by atoms with Crippen molar-refractivity contribution >= 4 is 15.5 Å². The van der Waals surface area contributed by atoms with Gasteiger partial charge in [0.2, 0.25) is 0 Å². The molecule has 0 radical (unpaired) electrons. The van der Waals surface area contributed by atoms with Gasteiger partial charge in [-0.1, -0.05) is 6.07 Å². The fourth-order valence-corrected chi connectivity index (χ4v) is 2.96. The maximum absolute atomic E-state index is 12.2. The van der Waals surface area contributed by atoms with Crippen molar-refractivity contribution < 1.29 is 8.42 Å².